The van der Waals surface area contributed by atoms with Crippen molar-refractivity contribution in [2.75, 3.05) is 9.80 Å². The number of hydrogen-bond donors (Lipinski definition) is 0. The van der Waals surface area contributed by atoms with E-state index in [0.717, 1.165) is 29.2 Å². The lowest BCUT2D eigenvalue weighted by atomic mass is 9.82. The van der Waals surface area contributed by atoms with Crippen molar-refractivity contribution in [2.45, 2.75) is 26.2 Å². The van der Waals surface area contributed by atoms with Crippen LogP contribution in [0.4, 0.5) is 34.1 Å². The topological polar surface area (TPSA) is 6.48 Å². The van der Waals surface area contributed by atoms with Crippen LogP contribution in [0.1, 0.15) is 47.8 Å². The molecule has 0 aliphatic heterocycles. The first-order valence-electron chi connectivity index (χ1n) is 20.7. The summed E-state index contributed by atoms with van der Waals surface area (Å²) in [4.78, 5) is 6.16. The Balaban J connectivity index is 1.20. The zero-order chi connectivity index (χ0) is 40.3. The molecule has 288 valence electrons. The normalized spacial score (nSPS) is 13.9. The first-order valence-corrected chi connectivity index (χ1v) is 22.3. The predicted octanol–water partition coefficient (Wildman–Crippen LogP) is 17.7. The molecule has 1 atom stereocenters. The molecule has 0 fully saturated rings. The maximum Gasteiger partial charge on any atom is 0.0546 e. The Morgan fingerprint density at radius 1 is 0.533 bits per heavy atom. The average molecular weight is 807 g/mol. The minimum atomic E-state index is 0.306. The smallest absolute Gasteiger partial charge is 0.0546 e. The lowest BCUT2D eigenvalue weighted by Gasteiger charge is -2.33. The fourth-order valence-electron chi connectivity index (χ4n) is 9.44. The first kappa shape index (κ1) is 36.4. The van der Waals surface area contributed by atoms with Crippen LogP contribution in [0.2, 0.25) is 0 Å². The standard InChI is InChI=1S/C56H42N2S2/c1-4-17-43-48-33-40(29-30-54(48)59-52(43)5-2)58(38-21-10-7-11-22-38)51-35-46-41-23-12-13-24-42(41)50(34-47(46)45-26-16-18-36(3)56(45)51)57(37-19-8-6-9-20-37)39-28-31-55-49(32-39)44-25-14-15-27-53(44)60-55/h4-17,19-36H,2,18H2,1,3H3/b17-4-. The van der Waals surface area contributed by atoms with Gasteiger partial charge in [0.15, 0.2) is 0 Å². The Labute approximate surface area is 358 Å². The van der Waals surface area contributed by atoms with Crippen LogP contribution in [0.25, 0.3) is 70.0 Å². The van der Waals surface area contributed by atoms with Gasteiger partial charge in [0.1, 0.15) is 0 Å². The quantitative estimate of drug-likeness (QED) is 0.141. The SMILES string of the molecule is C=Cc1sc2ccc(N(c3ccccc3)c3cc4c(cc(N(c5ccccc5)c5ccc6sc7ccccc7c6c5)c5ccccc54)c4c3C(C)CC=C4)cc2c1/C=C\C. The van der Waals surface area contributed by atoms with E-state index < -0.39 is 0 Å². The molecule has 1 aliphatic carbocycles. The molecule has 11 rings (SSSR count). The third-order valence-electron chi connectivity index (χ3n) is 12.1. The number of fused-ring (bicyclic) bond motifs is 9. The van der Waals surface area contributed by atoms with Crippen molar-refractivity contribution in [3.8, 4) is 0 Å². The van der Waals surface area contributed by atoms with Gasteiger partial charge < -0.3 is 9.80 Å². The molecule has 0 N–H and O–H groups in total. The maximum absolute atomic E-state index is 4.16. The van der Waals surface area contributed by atoms with E-state index in [-0.39, 0.29) is 0 Å². The Kier molecular flexibility index (Phi) is 8.99. The lowest BCUT2D eigenvalue weighted by molar-refractivity contribution is 0.773. The highest BCUT2D eigenvalue weighted by atomic mass is 32.1. The van der Waals surface area contributed by atoms with Gasteiger partial charge in [-0.3, -0.25) is 0 Å². The van der Waals surface area contributed by atoms with E-state index in [1.54, 1.807) is 11.3 Å². The summed E-state index contributed by atoms with van der Waals surface area (Å²) in [7, 11) is 0. The van der Waals surface area contributed by atoms with Gasteiger partial charge in [-0.1, -0.05) is 123 Å². The molecule has 0 saturated heterocycles. The third kappa shape index (κ3) is 5.90. The number of benzene rings is 8. The Morgan fingerprint density at radius 3 is 1.82 bits per heavy atom. The number of anilines is 6. The summed E-state index contributed by atoms with van der Waals surface area (Å²) in [6.07, 6.45) is 12.1. The van der Waals surface area contributed by atoms with Gasteiger partial charge in [0, 0.05) is 68.8 Å². The van der Waals surface area contributed by atoms with Crippen molar-refractivity contribution in [3.05, 3.63) is 198 Å². The zero-order valence-corrected chi connectivity index (χ0v) is 35.2. The molecule has 4 heteroatoms. The van der Waals surface area contributed by atoms with Gasteiger partial charge in [0.05, 0.1) is 11.4 Å². The Morgan fingerprint density at radius 2 is 1.12 bits per heavy atom. The minimum Gasteiger partial charge on any atom is -0.310 e. The second-order valence-corrected chi connectivity index (χ2v) is 17.9. The molecule has 0 bridgehead atoms. The number of nitrogens with zero attached hydrogens (tertiary/aromatic N) is 2. The first-order chi connectivity index (χ1) is 29.6. The number of allylic oxidation sites excluding steroid dienone is 2. The number of thiophene rings is 2. The van der Waals surface area contributed by atoms with E-state index in [1.807, 2.05) is 17.4 Å². The molecular weight excluding hydrogens is 765 g/mol. The summed E-state index contributed by atoms with van der Waals surface area (Å²) >= 11 is 3.67. The zero-order valence-electron chi connectivity index (χ0n) is 33.6. The molecule has 0 amide bonds. The summed E-state index contributed by atoms with van der Waals surface area (Å²) in [6.45, 7) is 8.64. The fourth-order valence-corrected chi connectivity index (χ4v) is 11.6. The van der Waals surface area contributed by atoms with E-state index in [0.29, 0.717) is 5.92 Å². The van der Waals surface area contributed by atoms with Gasteiger partial charge in [0.2, 0.25) is 0 Å². The van der Waals surface area contributed by atoms with E-state index in [1.165, 1.54) is 84.7 Å². The van der Waals surface area contributed by atoms with E-state index in [4.69, 9.17) is 0 Å². The van der Waals surface area contributed by atoms with Gasteiger partial charge in [0.25, 0.3) is 0 Å². The maximum atomic E-state index is 4.16. The van der Waals surface area contributed by atoms with Gasteiger partial charge in [-0.15, -0.1) is 22.7 Å². The average Bonchev–Trinajstić information content (AvgIpc) is 3.85. The Bertz CT molecular complexity index is 3350. The van der Waals surface area contributed by atoms with Crippen molar-refractivity contribution >= 4 is 127 Å². The highest BCUT2D eigenvalue weighted by molar-refractivity contribution is 7.25. The van der Waals surface area contributed by atoms with Gasteiger partial charge >= 0.3 is 0 Å². The highest BCUT2D eigenvalue weighted by Crippen LogP contribution is 2.51. The molecule has 2 heterocycles. The fraction of sp³-hybridized carbons (Fsp3) is 0.0714. The Hall–Kier alpha value is -6.72. The molecule has 0 spiro atoms. The highest BCUT2D eigenvalue weighted by Gasteiger charge is 2.28. The summed E-state index contributed by atoms with van der Waals surface area (Å²) < 4.78 is 3.88. The third-order valence-corrected chi connectivity index (χ3v) is 14.4. The number of para-hydroxylation sites is 2. The number of rotatable bonds is 8. The predicted molar refractivity (Wildman–Crippen MR) is 266 cm³/mol. The summed E-state index contributed by atoms with van der Waals surface area (Å²) in [5.41, 5.74) is 10.8. The largest absolute Gasteiger partial charge is 0.310 e. The molecule has 8 aromatic carbocycles. The van der Waals surface area contributed by atoms with Crippen LogP contribution >= 0.6 is 22.7 Å². The molecule has 2 aromatic heterocycles. The second-order valence-electron chi connectivity index (χ2n) is 15.7. The van der Waals surface area contributed by atoms with Crippen LogP contribution in [-0.4, -0.2) is 0 Å². The van der Waals surface area contributed by atoms with Crippen LogP contribution in [0, 0.1) is 0 Å². The van der Waals surface area contributed by atoms with E-state index in [2.05, 4.69) is 212 Å². The van der Waals surface area contributed by atoms with Crippen LogP contribution in [-0.2, 0) is 0 Å². The van der Waals surface area contributed by atoms with Crippen molar-refractivity contribution in [1.29, 1.82) is 0 Å². The monoisotopic (exact) mass is 806 g/mol. The van der Waals surface area contributed by atoms with Crippen LogP contribution in [0.5, 0.6) is 0 Å². The number of hydrogen-bond acceptors (Lipinski definition) is 4. The van der Waals surface area contributed by atoms with E-state index in [9.17, 15) is 0 Å². The van der Waals surface area contributed by atoms with E-state index >= 15 is 0 Å². The van der Waals surface area contributed by atoms with Crippen molar-refractivity contribution in [1.82, 2.24) is 0 Å². The van der Waals surface area contributed by atoms with Gasteiger partial charge in [-0.05, 0) is 125 Å². The van der Waals surface area contributed by atoms with Gasteiger partial charge in [-0.2, -0.15) is 0 Å². The summed E-state index contributed by atoms with van der Waals surface area (Å²) in [5.74, 6) is 0.306. The van der Waals surface area contributed by atoms with Crippen LogP contribution in [0.3, 0.4) is 0 Å². The van der Waals surface area contributed by atoms with Crippen molar-refractivity contribution in [2.24, 2.45) is 0 Å². The van der Waals surface area contributed by atoms with Crippen molar-refractivity contribution < 1.29 is 0 Å². The molecule has 10 aromatic rings. The summed E-state index contributed by atoms with van der Waals surface area (Å²) in [6, 6.07) is 58.4. The molecule has 0 saturated carbocycles. The molecule has 1 aliphatic rings. The molecule has 0 radical (unpaired) electrons. The molecule has 2 nitrogen and oxygen atoms in total. The lowest BCUT2D eigenvalue weighted by Crippen LogP contribution is -2.16. The van der Waals surface area contributed by atoms with Crippen molar-refractivity contribution in [3.63, 3.8) is 0 Å². The van der Waals surface area contributed by atoms with Crippen LogP contribution in [0.15, 0.2) is 176 Å². The summed E-state index contributed by atoms with van der Waals surface area (Å²) in [5, 5.41) is 8.79. The minimum absolute atomic E-state index is 0.306. The molecule has 60 heavy (non-hydrogen) atoms. The van der Waals surface area contributed by atoms with Gasteiger partial charge in [-0.25, -0.2) is 0 Å². The molecular formula is C56H42N2S2. The van der Waals surface area contributed by atoms with Crippen LogP contribution < -0.4 is 9.80 Å². The molecule has 1 unspecified atom stereocenters. The second kappa shape index (κ2) is 14.8.